The first-order chi connectivity index (χ1) is 8.15. The van der Waals surface area contributed by atoms with Gasteiger partial charge in [-0.25, -0.2) is 4.39 Å². The van der Waals surface area contributed by atoms with Gasteiger partial charge in [0.25, 0.3) is 0 Å². The standard InChI is InChI=1S/C14H19FO2/c1-2-14(16,10-11-6-5-9-17-11)12-7-3-4-8-13(12)15/h3-4,7-8,11,16H,2,5-6,9-10H2,1H3. The highest BCUT2D eigenvalue weighted by Gasteiger charge is 2.34. The Morgan fingerprint density at radius 1 is 1.47 bits per heavy atom. The van der Waals surface area contributed by atoms with Gasteiger partial charge < -0.3 is 9.84 Å². The van der Waals surface area contributed by atoms with Gasteiger partial charge in [0.2, 0.25) is 0 Å². The molecule has 1 aliphatic heterocycles. The van der Waals surface area contributed by atoms with Crippen LogP contribution in [-0.2, 0) is 10.3 Å². The molecule has 1 heterocycles. The number of rotatable bonds is 4. The van der Waals surface area contributed by atoms with E-state index in [0.29, 0.717) is 18.4 Å². The maximum absolute atomic E-state index is 13.7. The average molecular weight is 238 g/mol. The molecule has 0 aromatic heterocycles. The second-order valence-corrected chi connectivity index (χ2v) is 4.70. The van der Waals surface area contributed by atoms with Crippen molar-refractivity contribution in [3.8, 4) is 0 Å². The summed E-state index contributed by atoms with van der Waals surface area (Å²) in [5, 5.41) is 10.6. The molecule has 3 heteroatoms. The second kappa shape index (κ2) is 5.15. The van der Waals surface area contributed by atoms with Crippen LogP contribution in [-0.4, -0.2) is 17.8 Å². The highest BCUT2D eigenvalue weighted by atomic mass is 19.1. The van der Waals surface area contributed by atoms with Gasteiger partial charge in [-0.15, -0.1) is 0 Å². The Labute approximate surface area is 101 Å². The Morgan fingerprint density at radius 2 is 2.24 bits per heavy atom. The Bertz CT molecular complexity index is 374. The van der Waals surface area contributed by atoms with E-state index in [4.69, 9.17) is 4.74 Å². The zero-order valence-electron chi connectivity index (χ0n) is 10.2. The summed E-state index contributed by atoms with van der Waals surface area (Å²) >= 11 is 0. The van der Waals surface area contributed by atoms with E-state index in [1.54, 1.807) is 18.2 Å². The summed E-state index contributed by atoms with van der Waals surface area (Å²) in [6.45, 7) is 2.63. The summed E-state index contributed by atoms with van der Waals surface area (Å²) in [4.78, 5) is 0. The Balaban J connectivity index is 2.20. The molecule has 2 nitrogen and oxygen atoms in total. The molecule has 0 bridgehead atoms. The van der Waals surface area contributed by atoms with Crippen molar-refractivity contribution in [1.82, 2.24) is 0 Å². The minimum Gasteiger partial charge on any atom is -0.385 e. The molecule has 17 heavy (non-hydrogen) atoms. The van der Waals surface area contributed by atoms with E-state index in [0.717, 1.165) is 19.4 Å². The van der Waals surface area contributed by atoms with E-state index >= 15 is 0 Å². The van der Waals surface area contributed by atoms with E-state index in [1.165, 1.54) is 6.07 Å². The van der Waals surface area contributed by atoms with Gasteiger partial charge in [0.1, 0.15) is 5.82 Å². The van der Waals surface area contributed by atoms with Crippen molar-refractivity contribution < 1.29 is 14.2 Å². The monoisotopic (exact) mass is 238 g/mol. The van der Waals surface area contributed by atoms with Crippen LogP contribution in [0.1, 0.15) is 38.2 Å². The number of hydrogen-bond donors (Lipinski definition) is 1. The number of ether oxygens (including phenoxy) is 1. The van der Waals surface area contributed by atoms with Crippen LogP contribution in [0.25, 0.3) is 0 Å². The SMILES string of the molecule is CCC(O)(CC1CCCO1)c1ccccc1F. The van der Waals surface area contributed by atoms with Gasteiger partial charge in [0, 0.05) is 18.6 Å². The highest BCUT2D eigenvalue weighted by Crippen LogP contribution is 2.34. The third kappa shape index (κ3) is 2.67. The molecule has 94 valence electrons. The fourth-order valence-electron chi connectivity index (χ4n) is 2.47. The molecule has 0 saturated carbocycles. The lowest BCUT2D eigenvalue weighted by molar-refractivity contribution is -0.0287. The van der Waals surface area contributed by atoms with E-state index in [2.05, 4.69) is 0 Å². The third-order valence-corrected chi connectivity index (χ3v) is 3.55. The lowest BCUT2D eigenvalue weighted by Gasteiger charge is -2.30. The molecule has 0 spiro atoms. The van der Waals surface area contributed by atoms with Crippen molar-refractivity contribution >= 4 is 0 Å². The van der Waals surface area contributed by atoms with E-state index in [-0.39, 0.29) is 11.9 Å². The zero-order valence-corrected chi connectivity index (χ0v) is 10.2. The van der Waals surface area contributed by atoms with Gasteiger partial charge in [0.05, 0.1) is 11.7 Å². The molecule has 0 amide bonds. The molecule has 1 saturated heterocycles. The molecule has 1 N–H and O–H groups in total. The maximum Gasteiger partial charge on any atom is 0.129 e. The van der Waals surface area contributed by atoms with Crippen LogP contribution in [0.2, 0.25) is 0 Å². The molecule has 1 aromatic rings. The van der Waals surface area contributed by atoms with Gasteiger partial charge in [0.15, 0.2) is 0 Å². The minimum atomic E-state index is -1.11. The van der Waals surface area contributed by atoms with Gasteiger partial charge in [-0.05, 0) is 25.3 Å². The number of halogens is 1. The van der Waals surface area contributed by atoms with Gasteiger partial charge >= 0.3 is 0 Å². The van der Waals surface area contributed by atoms with Crippen LogP contribution in [0.5, 0.6) is 0 Å². The van der Waals surface area contributed by atoms with Crippen LogP contribution in [0, 0.1) is 5.82 Å². The minimum absolute atomic E-state index is 0.0551. The Hall–Kier alpha value is -0.930. The molecule has 2 unspecified atom stereocenters. The first-order valence-corrected chi connectivity index (χ1v) is 6.25. The van der Waals surface area contributed by atoms with Crippen molar-refractivity contribution in [2.75, 3.05) is 6.61 Å². The number of benzene rings is 1. The highest BCUT2D eigenvalue weighted by molar-refractivity contribution is 5.24. The lowest BCUT2D eigenvalue weighted by atomic mass is 9.85. The normalized spacial score (nSPS) is 23.6. The fourth-order valence-corrected chi connectivity index (χ4v) is 2.47. The van der Waals surface area contributed by atoms with Crippen molar-refractivity contribution in [2.24, 2.45) is 0 Å². The second-order valence-electron chi connectivity index (χ2n) is 4.70. The average Bonchev–Trinajstić information content (AvgIpc) is 2.82. The van der Waals surface area contributed by atoms with E-state index < -0.39 is 5.60 Å². The molecule has 2 rings (SSSR count). The largest absolute Gasteiger partial charge is 0.385 e. The third-order valence-electron chi connectivity index (χ3n) is 3.55. The predicted molar refractivity (Wildman–Crippen MR) is 64.2 cm³/mol. The molecular weight excluding hydrogens is 219 g/mol. The molecule has 1 fully saturated rings. The summed E-state index contributed by atoms with van der Waals surface area (Å²) in [6, 6.07) is 6.45. The van der Waals surface area contributed by atoms with Crippen LogP contribution in [0.3, 0.4) is 0 Å². The smallest absolute Gasteiger partial charge is 0.129 e. The first-order valence-electron chi connectivity index (χ1n) is 6.25. The number of aliphatic hydroxyl groups is 1. The van der Waals surface area contributed by atoms with E-state index in [1.807, 2.05) is 6.92 Å². The zero-order chi connectivity index (χ0) is 12.3. The van der Waals surface area contributed by atoms with Crippen LogP contribution in [0.4, 0.5) is 4.39 Å². The Kier molecular flexibility index (Phi) is 3.79. The molecule has 0 radical (unpaired) electrons. The predicted octanol–water partition coefficient (Wildman–Crippen LogP) is 2.99. The number of hydrogen-bond acceptors (Lipinski definition) is 2. The van der Waals surface area contributed by atoms with Crippen molar-refractivity contribution in [3.05, 3.63) is 35.6 Å². The topological polar surface area (TPSA) is 29.5 Å². The van der Waals surface area contributed by atoms with Gasteiger partial charge in [-0.3, -0.25) is 0 Å². The first kappa shape index (κ1) is 12.5. The lowest BCUT2D eigenvalue weighted by Crippen LogP contribution is -2.31. The molecule has 1 aromatic carbocycles. The van der Waals surface area contributed by atoms with E-state index in [9.17, 15) is 9.50 Å². The van der Waals surface area contributed by atoms with Crippen molar-refractivity contribution in [2.45, 2.75) is 44.3 Å². The molecular formula is C14H19FO2. The summed E-state index contributed by atoms with van der Waals surface area (Å²) in [7, 11) is 0. The van der Waals surface area contributed by atoms with Gasteiger partial charge in [-0.2, -0.15) is 0 Å². The van der Waals surface area contributed by atoms with Crippen LogP contribution < -0.4 is 0 Å². The summed E-state index contributed by atoms with van der Waals surface area (Å²) in [5.41, 5.74) is -0.724. The Morgan fingerprint density at radius 3 is 2.82 bits per heavy atom. The van der Waals surface area contributed by atoms with Crippen LogP contribution in [0.15, 0.2) is 24.3 Å². The van der Waals surface area contributed by atoms with Crippen molar-refractivity contribution in [1.29, 1.82) is 0 Å². The molecule has 1 aliphatic rings. The van der Waals surface area contributed by atoms with Gasteiger partial charge in [-0.1, -0.05) is 25.1 Å². The maximum atomic E-state index is 13.7. The molecule has 2 atom stereocenters. The summed E-state index contributed by atoms with van der Waals surface area (Å²) < 4.78 is 19.3. The fraction of sp³-hybridized carbons (Fsp3) is 0.571. The van der Waals surface area contributed by atoms with Crippen molar-refractivity contribution in [3.63, 3.8) is 0 Å². The molecule has 0 aliphatic carbocycles. The summed E-state index contributed by atoms with van der Waals surface area (Å²) in [6.07, 6.45) is 3.01. The van der Waals surface area contributed by atoms with Crippen LogP contribution >= 0.6 is 0 Å². The quantitative estimate of drug-likeness (QED) is 0.873. The summed E-state index contributed by atoms with van der Waals surface area (Å²) in [5.74, 6) is -0.338.